The third kappa shape index (κ3) is 6.27. The minimum atomic E-state index is -0.852. The van der Waals surface area contributed by atoms with Crippen LogP contribution in [0.3, 0.4) is 0 Å². The molecule has 7 nitrogen and oxygen atoms in total. The van der Waals surface area contributed by atoms with Crippen LogP contribution in [0, 0.1) is 37.3 Å². The summed E-state index contributed by atoms with van der Waals surface area (Å²) in [4.78, 5) is 16.9. The van der Waals surface area contributed by atoms with Crippen molar-refractivity contribution in [2.45, 2.75) is 71.7 Å². The zero-order chi connectivity index (χ0) is 30.3. The number of benzene rings is 2. The largest absolute Gasteiger partial charge is 0.493 e. The second-order valence-electron chi connectivity index (χ2n) is 12.3. The van der Waals surface area contributed by atoms with Crippen LogP contribution in [0.2, 0.25) is 0 Å². The number of aryl methyl sites for hydroxylation is 2. The van der Waals surface area contributed by atoms with Crippen molar-refractivity contribution in [2.24, 2.45) is 11.8 Å². The van der Waals surface area contributed by atoms with E-state index >= 15 is 4.39 Å². The molecule has 0 bridgehead atoms. The van der Waals surface area contributed by atoms with Crippen LogP contribution in [0.1, 0.15) is 60.9 Å². The maximum Gasteiger partial charge on any atom is 0.310 e. The third-order valence-electron chi connectivity index (χ3n) is 7.88. The first-order chi connectivity index (χ1) is 19.9. The van der Waals surface area contributed by atoms with Gasteiger partial charge >= 0.3 is 5.97 Å². The van der Waals surface area contributed by atoms with Crippen LogP contribution in [0.25, 0.3) is 11.1 Å². The summed E-state index contributed by atoms with van der Waals surface area (Å²) in [6.45, 7) is 8.97. The number of hydrogen-bond acceptors (Lipinski definition) is 7. The van der Waals surface area contributed by atoms with Crippen molar-refractivity contribution in [3.63, 3.8) is 0 Å². The number of aliphatic hydroxyl groups excluding tert-OH is 2. The standard InChI is InChI=1S/C33H37F2NO6/c1-17-8-22(40-7-6-21(38)15-37)9-18(2)29(17)23-11-20(26(34)13-27(23)35)16-41-28-12-19-10-24-30(25(19)14-36-28)31(24)32(39)42-33(3,4)5/h8-9,11-14,21,24,30-31,37-38H,6-7,10,15-16H2,1-5H3/t21-,24+,30+,31-/m0/s1. The van der Waals surface area contributed by atoms with Gasteiger partial charge in [-0.15, -0.1) is 0 Å². The normalized spacial score (nSPS) is 19.6. The van der Waals surface area contributed by atoms with Crippen molar-refractivity contribution in [1.29, 1.82) is 0 Å². The lowest BCUT2D eigenvalue weighted by atomic mass is 9.93. The zero-order valence-corrected chi connectivity index (χ0v) is 24.5. The Morgan fingerprint density at radius 1 is 1.07 bits per heavy atom. The van der Waals surface area contributed by atoms with Crippen LogP contribution in [-0.4, -0.2) is 46.1 Å². The number of rotatable bonds is 10. The lowest BCUT2D eigenvalue weighted by molar-refractivity contribution is -0.157. The number of ether oxygens (including phenoxy) is 3. The molecule has 1 heterocycles. The minimum absolute atomic E-state index is 0.115. The van der Waals surface area contributed by atoms with E-state index in [1.165, 1.54) is 6.07 Å². The summed E-state index contributed by atoms with van der Waals surface area (Å²) in [5.41, 5.74) is 4.13. The Kier molecular flexibility index (Phi) is 8.27. The number of fused-ring (bicyclic) bond motifs is 3. The number of carbonyl (C=O) groups excluding carboxylic acids is 1. The Balaban J connectivity index is 1.27. The number of esters is 1. The first-order valence-corrected chi connectivity index (χ1v) is 14.2. The predicted octanol–water partition coefficient (Wildman–Crippen LogP) is 5.57. The highest BCUT2D eigenvalue weighted by Crippen LogP contribution is 2.62. The molecule has 42 heavy (non-hydrogen) atoms. The summed E-state index contributed by atoms with van der Waals surface area (Å²) in [5, 5.41) is 18.5. The Morgan fingerprint density at radius 3 is 2.45 bits per heavy atom. The summed E-state index contributed by atoms with van der Waals surface area (Å²) in [6, 6.07) is 7.70. The molecule has 1 fully saturated rings. The summed E-state index contributed by atoms with van der Waals surface area (Å²) < 4.78 is 47.0. The van der Waals surface area contributed by atoms with E-state index < -0.39 is 23.3 Å². The van der Waals surface area contributed by atoms with Gasteiger partial charge in [0.25, 0.3) is 0 Å². The molecule has 0 radical (unpaired) electrons. The molecule has 0 aliphatic heterocycles. The first-order valence-electron chi connectivity index (χ1n) is 14.2. The fraction of sp³-hybridized carbons (Fsp3) is 0.455. The number of pyridine rings is 1. The highest BCUT2D eigenvalue weighted by Gasteiger charge is 2.60. The van der Waals surface area contributed by atoms with Crippen molar-refractivity contribution in [1.82, 2.24) is 4.98 Å². The fourth-order valence-corrected chi connectivity index (χ4v) is 5.92. The van der Waals surface area contributed by atoms with Gasteiger partial charge in [0.05, 0.1) is 25.2 Å². The Bertz CT molecular complexity index is 1480. The Hall–Kier alpha value is -3.56. The number of nitrogens with zero attached hydrogens (tertiary/aromatic N) is 1. The van der Waals surface area contributed by atoms with Crippen molar-refractivity contribution >= 4 is 5.97 Å². The van der Waals surface area contributed by atoms with Crippen molar-refractivity contribution < 1.29 is 38.0 Å². The molecule has 0 amide bonds. The molecule has 0 saturated heterocycles. The molecule has 0 spiro atoms. The summed E-state index contributed by atoms with van der Waals surface area (Å²) >= 11 is 0. The number of aliphatic hydroxyl groups is 2. The van der Waals surface area contributed by atoms with Crippen LogP contribution >= 0.6 is 0 Å². The van der Waals surface area contributed by atoms with Crippen molar-refractivity contribution in [3.8, 4) is 22.8 Å². The van der Waals surface area contributed by atoms with Gasteiger partial charge in [-0.1, -0.05) is 0 Å². The number of carbonyl (C=O) groups is 1. The van der Waals surface area contributed by atoms with Crippen LogP contribution < -0.4 is 9.47 Å². The highest BCUT2D eigenvalue weighted by molar-refractivity contribution is 5.80. The molecule has 4 atom stereocenters. The lowest BCUT2D eigenvalue weighted by Gasteiger charge is -2.20. The van der Waals surface area contributed by atoms with Crippen molar-refractivity contribution in [3.05, 3.63) is 76.0 Å². The minimum Gasteiger partial charge on any atom is -0.493 e. The van der Waals surface area contributed by atoms with Gasteiger partial charge in [0.2, 0.25) is 5.88 Å². The van der Waals surface area contributed by atoms with E-state index in [0.717, 1.165) is 34.7 Å². The molecule has 2 aliphatic rings. The fourth-order valence-electron chi connectivity index (χ4n) is 5.92. The molecule has 9 heteroatoms. The average Bonchev–Trinajstić information content (AvgIpc) is 3.49. The zero-order valence-electron chi connectivity index (χ0n) is 24.5. The Morgan fingerprint density at radius 2 is 1.79 bits per heavy atom. The molecule has 5 rings (SSSR count). The monoisotopic (exact) mass is 581 g/mol. The summed E-state index contributed by atoms with van der Waals surface area (Å²) in [5.74, 6) is -0.478. The summed E-state index contributed by atoms with van der Waals surface area (Å²) in [6.07, 6.45) is 1.89. The maximum absolute atomic E-state index is 15.0. The van der Waals surface area contributed by atoms with E-state index in [0.29, 0.717) is 17.2 Å². The quantitative estimate of drug-likeness (QED) is 0.302. The average molecular weight is 582 g/mol. The molecule has 2 aliphatic carbocycles. The van der Waals surface area contributed by atoms with E-state index in [1.807, 2.05) is 40.7 Å². The molecular formula is C33H37F2NO6. The second kappa shape index (κ2) is 11.6. The molecule has 1 saturated carbocycles. The molecule has 224 valence electrons. The first kappa shape index (κ1) is 29.9. The topological polar surface area (TPSA) is 98.1 Å². The predicted molar refractivity (Wildman–Crippen MR) is 152 cm³/mol. The van der Waals surface area contributed by atoms with Gasteiger partial charge in [0.15, 0.2) is 0 Å². The molecule has 1 aromatic heterocycles. The van der Waals surface area contributed by atoms with Crippen LogP contribution in [0.4, 0.5) is 8.78 Å². The van der Waals surface area contributed by atoms with Crippen molar-refractivity contribution in [2.75, 3.05) is 13.2 Å². The van der Waals surface area contributed by atoms with Gasteiger partial charge in [-0.2, -0.15) is 0 Å². The number of aromatic nitrogens is 1. The van der Waals surface area contributed by atoms with Gasteiger partial charge in [-0.05, 0) is 93.0 Å². The van der Waals surface area contributed by atoms with E-state index in [9.17, 15) is 14.3 Å². The van der Waals surface area contributed by atoms with E-state index in [4.69, 9.17) is 19.3 Å². The third-order valence-corrected chi connectivity index (χ3v) is 7.88. The molecule has 2 aromatic carbocycles. The van der Waals surface area contributed by atoms with Crippen LogP contribution in [0.15, 0.2) is 36.5 Å². The van der Waals surface area contributed by atoms with Crippen LogP contribution in [-0.2, 0) is 22.6 Å². The van der Waals surface area contributed by atoms with E-state index in [1.54, 1.807) is 18.3 Å². The highest BCUT2D eigenvalue weighted by atomic mass is 19.1. The second-order valence-corrected chi connectivity index (χ2v) is 12.3. The van der Waals surface area contributed by atoms with Gasteiger partial charge in [0.1, 0.15) is 29.6 Å². The lowest BCUT2D eigenvalue weighted by Crippen LogP contribution is -2.26. The molecule has 0 unspecified atom stereocenters. The summed E-state index contributed by atoms with van der Waals surface area (Å²) in [7, 11) is 0. The van der Waals surface area contributed by atoms with Gasteiger partial charge in [-0.25, -0.2) is 13.8 Å². The molecule has 2 N–H and O–H groups in total. The van der Waals surface area contributed by atoms with Gasteiger partial charge in [0, 0.05) is 41.8 Å². The van der Waals surface area contributed by atoms with Gasteiger partial charge in [-0.3, -0.25) is 4.79 Å². The SMILES string of the molecule is Cc1cc(OCC[C@H](O)CO)cc(C)c1-c1cc(COc2cc3c(cn2)[C@H]2[C@@H](C3)[C@@H]2C(=O)OC(C)(C)C)c(F)cc1F. The van der Waals surface area contributed by atoms with Gasteiger partial charge < -0.3 is 24.4 Å². The number of halogens is 2. The smallest absolute Gasteiger partial charge is 0.310 e. The Labute approximate surface area is 244 Å². The van der Waals surface area contributed by atoms with E-state index in [2.05, 4.69) is 4.98 Å². The molecular weight excluding hydrogens is 544 g/mol. The molecule has 3 aromatic rings. The number of hydrogen-bond donors (Lipinski definition) is 2. The maximum atomic E-state index is 15.0. The van der Waals surface area contributed by atoms with Crippen LogP contribution in [0.5, 0.6) is 11.6 Å². The van der Waals surface area contributed by atoms with E-state index in [-0.39, 0.29) is 61.1 Å².